The Balaban J connectivity index is 2.51. The molecule has 0 aliphatic carbocycles. The van der Waals surface area contributed by atoms with E-state index in [9.17, 15) is 0 Å². The molecule has 1 heterocycles. The highest BCUT2D eigenvalue weighted by Crippen LogP contribution is 2.26. The molecular weight excluding hydrogens is 188 g/mol. The second-order valence-corrected chi connectivity index (χ2v) is 3.84. The Morgan fingerprint density at radius 1 is 1.27 bits per heavy atom. The van der Waals surface area contributed by atoms with E-state index in [1.807, 2.05) is 32.4 Å². The van der Waals surface area contributed by atoms with Crippen LogP contribution in [-0.4, -0.2) is 31.1 Å². The normalized spacial score (nSPS) is 13.6. The predicted molar refractivity (Wildman–Crippen MR) is 61.7 cm³/mol. The first-order valence-electron chi connectivity index (χ1n) is 4.99. The molecule has 0 fully saturated rings. The number of fused-ring (bicyclic) bond motifs is 1. The van der Waals surface area contributed by atoms with E-state index in [0.717, 1.165) is 5.52 Å². The summed E-state index contributed by atoms with van der Waals surface area (Å²) in [7, 11) is 5.75. The molecule has 0 saturated carbocycles. The number of hydrogen-bond acceptors (Lipinski definition) is 2. The van der Waals surface area contributed by atoms with Crippen LogP contribution in [0.2, 0.25) is 0 Å². The number of benzene rings is 1. The molecule has 2 aromatic rings. The van der Waals surface area contributed by atoms with Gasteiger partial charge >= 0.3 is 0 Å². The maximum absolute atomic E-state index is 5.47. The van der Waals surface area contributed by atoms with Crippen molar-refractivity contribution in [3.63, 3.8) is 0 Å². The van der Waals surface area contributed by atoms with Crippen LogP contribution in [-0.2, 0) is 4.74 Å². The van der Waals surface area contributed by atoms with Crippen molar-refractivity contribution in [2.45, 2.75) is 6.23 Å². The molecule has 1 N–H and O–H groups in total. The molecule has 3 nitrogen and oxygen atoms in total. The number of ether oxygens (including phenoxy) is 1. The van der Waals surface area contributed by atoms with Crippen molar-refractivity contribution < 1.29 is 4.74 Å². The van der Waals surface area contributed by atoms with E-state index >= 15 is 0 Å². The van der Waals surface area contributed by atoms with Gasteiger partial charge in [0.05, 0.1) is 0 Å². The van der Waals surface area contributed by atoms with E-state index in [1.54, 1.807) is 7.11 Å². The molecule has 0 aliphatic heterocycles. The maximum Gasteiger partial charge on any atom is 0.137 e. The van der Waals surface area contributed by atoms with Gasteiger partial charge in [-0.25, -0.2) is 0 Å². The number of para-hydroxylation sites is 1. The van der Waals surface area contributed by atoms with Crippen molar-refractivity contribution >= 4 is 10.9 Å². The topological polar surface area (TPSA) is 28.3 Å². The predicted octanol–water partition coefficient (Wildman–Crippen LogP) is 2.37. The summed E-state index contributed by atoms with van der Waals surface area (Å²) in [5, 5.41) is 1.22. The van der Waals surface area contributed by atoms with Crippen molar-refractivity contribution in [1.29, 1.82) is 0 Å². The fourth-order valence-corrected chi connectivity index (χ4v) is 1.91. The fraction of sp³-hybridized carbons (Fsp3) is 0.333. The lowest BCUT2D eigenvalue weighted by Gasteiger charge is -2.22. The number of hydrogen-bond donors (Lipinski definition) is 1. The second kappa shape index (κ2) is 4.04. The lowest BCUT2D eigenvalue weighted by Crippen LogP contribution is -2.21. The van der Waals surface area contributed by atoms with Gasteiger partial charge in [-0.15, -0.1) is 0 Å². The highest BCUT2D eigenvalue weighted by atomic mass is 16.5. The van der Waals surface area contributed by atoms with Crippen LogP contribution in [0.5, 0.6) is 0 Å². The molecule has 15 heavy (non-hydrogen) atoms. The third-order valence-electron chi connectivity index (χ3n) is 2.58. The molecule has 80 valence electrons. The maximum atomic E-state index is 5.47. The standard InChI is InChI=1S/C12H16N2O/c1-14(2)12(15-3)10-8-13-11-7-5-4-6-9(10)11/h4-8,12-13H,1-3H3. The zero-order valence-corrected chi connectivity index (χ0v) is 9.32. The Bertz CT molecular complexity index is 448. The summed E-state index contributed by atoms with van der Waals surface area (Å²) in [5.41, 5.74) is 2.33. The Morgan fingerprint density at radius 2 is 2.00 bits per heavy atom. The molecule has 0 bridgehead atoms. The van der Waals surface area contributed by atoms with Gasteiger partial charge in [0.25, 0.3) is 0 Å². The third-order valence-corrected chi connectivity index (χ3v) is 2.58. The molecule has 0 amide bonds. The molecule has 1 aromatic carbocycles. The van der Waals surface area contributed by atoms with Crippen molar-refractivity contribution in [2.24, 2.45) is 0 Å². The van der Waals surface area contributed by atoms with Crippen molar-refractivity contribution in [3.05, 3.63) is 36.0 Å². The SMILES string of the molecule is COC(c1c[nH]c2ccccc12)N(C)C. The van der Waals surface area contributed by atoms with Crippen LogP contribution >= 0.6 is 0 Å². The molecule has 0 spiro atoms. The van der Waals surface area contributed by atoms with Gasteiger partial charge in [0.15, 0.2) is 0 Å². The summed E-state index contributed by atoms with van der Waals surface area (Å²) in [4.78, 5) is 5.30. The Labute approximate surface area is 89.7 Å². The highest BCUT2D eigenvalue weighted by molar-refractivity contribution is 5.83. The quantitative estimate of drug-likeness (QED) is 0.777. The summed E-state index contributed by atoms with van der Waals surface area (Å²) in [6.07, 6.45) is 2.01. The highest BCUT2D eigenvalue weighted by Gasteiger charge is 2.16. The van der Waals surface area contributed by atoms with Gasteiger partial charge in [0.2, 0.25) is 0 Å². The molecule has 1 unspecified atom stereocenters. The van der Waals surface area contributed by atoms with Gasteiger partial charge in [-0.05, 0) is 20.2 Å². The van der Waals surface area contributed by atoms with Gasteiger partial charge < -0.3 is 9.72 Å². The average molecular weight is 204 g/mol. The lowest BCUT2D eigenvalue weighted by molar-refractivity contribution is -0.00431. The molecule has 3 heteroatoms. The Kier molecular flexibility index (Phi) is 2.75. The smallest absolute Gasteiger partial charge is 0.137 e. The largest absolute Gasteiger partial charge is 0.362 e. The van der Waals surface area contributed by atoms with Crippen LogP contribution in [0.15, 0.2) is 30.5 Å². The molecule has 0 aliphatic rings. The van der Waals surface area contributed by atoms with E-state index in [-0.39, 0.29) is 6.23 Å². The fourth-order valence-electron chi connectivity index (χ4n) is 1.91. The molecule has 1 aromatic heterocycles. The van der Waals surface area contributed by atoms with E-state index in [2.05, 4.69) is 22.0 Å². The minimum atomic E-state index is 0.00106. The average Bonchev–Trinajstić information content (AvgIpc) is 2.63. The monoisotopic (exact) mass is 204 g/mol. The van der Waals surface area contributed by atoms with Crippen LogP contribution < -0.4 is 0 Å². The van der Waals surface area contributed by atoms with E-state index in [0.29, 0.717) is 0 Å². The van der Waals surface area contributed by atoms with Gasteiger partial charge in [0, 0.05) is 29.8 Å². The van der Waals surface area contributed by atoms with Crippen LogP contribution in [0, 0.1) is 0 Å². The number of methoxy groups -OCH3 is 1. The number of nitrogens with one attached hydrogen (secondary N) is 1. The molecule has 1 atom stereocenters. The number of aromatic nitrogens is 1. The zero-order chi connectivity index (χ0) is 10.8. The number of H-pyrrole nitrogens is 1. The van der Waals surface area contributed by atoms with Crippen LogP contribution in [0.25, 0.3) is 10.9 Å². The summed E-state index contributed by atoms with van der Waals surface area (Å²) >= 11 is 0. The first kappa shape index (κ1) is 10.2. The minimum absolute atomic E-state index is 0.00106. The number of nitrogens with zero attached hydrogens (tertiary/aromatic N) is 1. The summed E-state index contributed by atoms with van der Waals surface area (Å²) in [6.45, 7) is 0. The summed E-state index contributed by atoms with van der Waals surface area (Å²) in [6, 6.07) is 8.25. The van der Waals surface area contributed by atoms with Gasteiger partial charge in [-0.3, -0.25) is 4.90 Å². The van der Waals surface area contributed by atoms with Crippen molar-refractivity contribution in [3.8, 4) is 0 Å². The third kappa shape index (κ3) is 1.76. The Hall–Kier alpha value is -1.32. The number of aromatic amines is 1. The molecule has 0 radical (unpaired) electrons. The molecular formula is C12H16N2O. The van der Waals surface area contributed by atoms with Crippen molar-refractivity contribution in [2.75, 3.05) is 21.2 Å². The van der Waals surface area contributed by atoms with Crippen LogP contribution in [0.3, 0.4) is 0 Å². The summed E-state index contributed by atoms with van der Waals surface area (Å²) in [5.74, 6) is 0. The van der Waals surface area contributed by atoms with Crippen molar-refractivity contribution in [1.82, 2.24) is 9.88 Å². The lowest BCUT2D eigenvalue weighted by atomic mass is 10.1. The van der Waals surface area contributed by atoms with Crippen LogP contribution in [0.1, 0.15) is 11.8 Å². The van der Waals surface area contributed by atoms with Gasteiger partial charge in [0.1, 0.15) is 6.23 Å². The van der Waals surface area contributed by atoms with Crippen LogP contribution in [0.4, 0.5) is 0 Å². The van der Waals surface area contributed by atoms with E-state index in [1.165, 1.54) is 10.9 Å². The number of rotatable bonds is 3. The van der Waals surface area contributed by atoms with Gasteiger partial charge in [-0.1, -0.05) is 18.2 Å². The van der Waals surface area contributed by atoms with E-state index < -0.39 is 0 Å². The molecule has 0 saturated heterocycles. The molecule has 2 rings (SSSR count). The minimum Gasteiger partial charge on any atom is -0.362 e. The first-order valence-corrected chi connectivity index (χ1v) is 4.99. The first-order chi connectivity index (χ1) is 7.24. The van der Waals surface area contributed by atoms with E-state index in [4.69, 9.17) is 4.74 Å². The second-order valence-electron chi connectivity index (χ2n) is 3.84. The Morgan fingerprint density at radius 3 is 2.67 bits per heavy atom. The van der Waals surface area contributed by atoms with Gasteiger partial charge in [-0.2, -0.15) is 0 Å². The zero-order valence-electron chi connectivity index (χ0n) is 9.32. The summed E-state index contributed by atoms with van der Waals surface area (Å²) < 4.78 is 5.47.